The van der Waals surface area contributed by atoms with E-state index in [1.54, 1.807) is 19.1 Å². The molecule has 0 saturated heterocycles. The molecule has 0 saturated carbocycles. The number of aromatic carboxylic acids is 1. The number of aryl methyl sites for hydroxylation is 1. The summed E-state index contributed by atoms with van der Waals surface area (Å²) in [6.45, 7) is 1.78. The molecule has 0 spiro atoms. The summed E-state index contributed by atoms with van der Waals surface area (Å²) in [5.41, 5.74) is 0.853. The van der Waals surface area contributed by atoms with Gasteiger partial charge in [0.25, 0.3) is 5.56 Å². The van der Waals surface area contributed by atoms with E-state index in [-0.39, 0.29) is 11.1 Å². The van der Waals surface area contributed by atoms with Crippen molar-refractivity contribution in [1.29, 1.82) is 0 Å². The molecule has 2 aromatic heterocycles. The predicted octanol–water partition coefficient (Wildman–Crippen LogP) is 3.05. The number of carbonyl (C=O) groups is 1. The number of rotatable bonds is 3. The molecular weight excluding hydrogens is 311 g/mol. The van der Waals surface area contributed by atoms with Crippen LogP contribution >= 0.6 is 0 Å². The van der Waals surface area contributed by atoms with Crippen molar-refractivity contribution in [3.63, 3.8) is 0 Å². The molecule has 3 aromatic rings. The van der Waals surface area contributed by atoms with Crippen molar-refractivity contribution in [1.82, 2.24) is 9.55 Å². The smallest absolute Gasteiger partial charge is 0.337 e. The Morgan fingerprint density at radius 3 is 2.54 bits per heavy atom. The van der Waals surface area contributed by atoms with Crippen molar-refractivity contribution in [3.05, 3.63) is 82.2 Å². The maximum absolute atomic E-state index is 13.1. The third kappa shape index (κ3) is 2.81. The van der Waals surface area contributed by atoms with E-state index in [1.807, 2.05) is 0 Å². The molecule has 24 heavy (non-hydrogen) atoms. The van der Waals surface area contributed by atoms with E-state index in [0.29, 0.717) is 11.4 Å². The molecule has 0 amide bonds. The number of benzene rings is 1. The Balaban J connectivity index is 2.31. The van der Waals surface area contributed by atoms with Gasteiger partial charge in [0.05, 0.1) is 5.56 Å². The highest BCUT2D eigenvalue weighted by molar-refractivity contribution is 5.89. The zero-order valence-electron chi connectivity index (χ0n) is 12.7. The van der Waals surface area contributed by atoms with Crippen LogP contribution in [0.1, 0.15) is 15.9 Å². The van der Waals surface area contributed by atoms with Gasteiger partial charge in [-0.25, -0.2) is 14.2 Å². The number of pyridine rings is 2. The highest BCUT2D eigenvalue weighted by Crippen LogP contribution is 2.19. The topological polar surface area (TPSA) is 72.2 Å². The molecule has 0 aliphatic heterocycles. The van der Waals surface area contributed by atoms with Crippen molar-refractivity contribution in [2.75, 3.05) is 0 Å². The van der Waals surface area contributed by atoms with Crippen LogP contribution in [0.5, 0.6) is 0 Å². The maximum atomic E-state index is 13.1. The van der Waals surface area contributed by atoms with E-state index < -0.39 is 17.3 Å². The number of carboxylic acid groups (broad SMARTS) is 1. The molecule has 0 atom stereocenters. The van der Waals surface area contributed by atoms with Crippen molar-refractivity contribution < 1.29 is 14.3 Å². The van der Waals surface area contributed by atoms with Crippen LogP contribution in [0, 0.1) is 12.7 Å². The van der Waals surface area contributed by atoms with Crippen LogP contribution in [0.2, 0.25) is 0 Å². The van der Waals surface area contributed by atoms with E-state index in [2.05, 4.69) is 4.98 Å². The van der Waals surface area contributed by atoms with Crippen LogP contribution in [0.4, 0.5) is 4.39 Å². The Hall–Kier alpha value is -3.28. The molecular formula is C18H13FN2O3. The Morgan fingerprint density at radius 1 is 1.21 bits per heavy atom. The monoisotopic (exact) mass is 324 g/mol. The minimum absolute atomic E-state index is 0.0565. The fourth-order valence-electron chi connectivity index (χ4n) is 2.42. The lowest BCUT2D eigenvalue weighted by molar-refractivity contribution is 0.0696. The van der Waals surface area contributed by atoms with Crippen LogP contribution in [-0.4, -0.2) is 20.6 Å². The molecule has 0 fully saturated rings. The van der Waals surface area contributed by atoms with Crippen LogP contribution in [0.25, 0.3) is 16.9 Å². The van der Waals surface area contributed by atoms with Crippen LogP contribution in [0.3, 0.4) is 0 Å². The van der Waals surface area contributed by atoms with Gasteiger partial charge >= 0.3 is 5.97 Å². The molecule has 2 heterocycles. The largest absolute Gasteiger partial charge is 0.478 e. The highest BCUT2D eigenvalue weighted by Gasteiger charge is 2.15. The van der Waals surface area contributed by atoms with Crippen molar-refractivity contribution >= 4 is 5.97 Å². The second kappa shape index (κ2) is 6.08. The fraction of sp³-hybridized carbons (Fsp3) is 0.0556. The van der Waals surface area contributed by atoms with Gasteiger partial charge in [0.15, 0.2) is 0 Å². The first-order valence-electron chi connectivity index (χ1n) is 7.15. The van der Waals surface area contributed by atoms with E-state index in [4.69, 9.17) is 0 Å². The van der Waals surface area contributed by atoms with Gasteiger partial charge in [0.1, 0.15) is 11.6 Å². The highest BCUT2D eigenvalue weighted by atomic mass is 19.1. The minimum Gasteiger partial charge on any atom is -0.478 e. The van der Waals surface area contributed by atoms with E-state index in [0.717, 1.165) is 5.56 Å². The number of carboxylic acids is 1. The third-order valence-electron chi connectivity index (χ3n) is 3.63. The summed E-state index contributed by atoms with van der Waals surface area (Å²) >= 11 is 0. The van der Waals surface area contributed by atoms with Gasteiger partial charge in [-0.05, 0) is 42.3 Å². The summed E-state index contributed by atoms with van der Waals surface area (Å²) in [5, 5.41) is 9.34. The van der Waals surface area contributed by atoms with Gasteiger partial charge in [0, 0.05) is 18.0 Å². The first-order valence-corrected chi connectivity index (χ1v) is 7.15. The minimum atomic E-state index is -1.17. The molecule has 0 unspecified atom stereocenters. The predicted molar refractivity (Wildman–Crippen MR) is 86.9 cm³/mol. The lowest BCUT2D eigenvalue weighted by Gasteiger charge is -2.11. The molecule has 0 radical (unpaired) electrons. The lowest BCUT2D eigenvalue weighted by atomic mass is 10.1. The van der Waals surface area contributed by atoms with Gasteiger partial charge in [-0.3, -0.25) is 9.36 Å². The van der Waals surface area contributed by atoms with E-state index in [9.17, 15) is 19.1 Å². The van der Waals surface area contributed by atoms with E-state index in [1.165, 1.54) is 47.3 Å². The third-order valence-corrected chi connectivity index (χ3v) is 3.63. The number of halogens is 1. The second-order valence-corrected chi connectivity index (χ2v) is 5.27. The summed E-state index contributed by atoms with van der Waals surface area (Å²) in [4.78, 5) is 28.4. The van der Waals surface area contributed by atoms with Crippen molar-refractivity contribution in [2.45, 2.75) is 6.92 Å². The first-order chi connectivity index (χ1) is 11.5. The number of aromatic nitrogens is 2. The Kier molecular flexibility index (Phi) is 3.95. The summed E-state index contributed by atoms with van der Waals surface area (Å²) in [6, 6.07) is 10.1. The fourth-order valence-corrected chi connectivity index (χ4v) is 2.42. The van der Waals surface area contributed by atoms with E-state index >= 15 is 0 Å². The Labute approximate surface area is 136 Å². The number of nitrogens with zero attached hydrogens (tertiary/aromatic N) is 2. The van der Waals surface area contributed by atoms with Crippen LogP contribution < -0.4 is 5.56 Å². The molecule has 5 nitrogen and oxygen atoms in total. The Morgan fingerprint density at radius 2 is 1.92 bits per heavy atom. The van der Waals surface area contributed by atoms with Gasteiger partial charge in [-0.1, -0.05) is 18.2 Å². The van der Waals surface area contributed by atoms with Gasteiger partial charge in [-0.2, -0.15) is 0 Å². The molecule has 1 N–H and O–H groups in total. The first kappa shape index (κ1) is 15.6. The molecule has 0 aliphatic carbocycles. The summed E-state index contributed by atoms with van der Waals surface area (Å²) in [7, 11) is 0. The Bertz CT molecular complexity index is 978. The van der Waals surface area contributed by atoms with Crippen molar-refractivity contribution in [2.24, 2.45) is 0 Å². The standard InChI is InChI=1S/C18H13FN2O3/c1-11-3-2-8-20-16(11)21-10-13(18(23)24)9-15(17(21)22)12-4-6-14(19)7-5-12/h2-10H,1H3,(H,23,24). The second-order valence-electron chi connectivity index (χ2n) is 5.27. The molecule has 0 aliphatic rings. The summed E-state index contributed by atoms with van der Waals surface area (Å²) in [5.74, 6) is -1.25. The number of hydrogen-bond donors (Lipinski definition) is 1. The molecule has 120 valence electrons. The van der Waals surface area contributed by atoms with Crippen LogP contribution in [-0.2, 0) is 0 Å². The zero-order chi connectivity index (χ0) is 17.3. The van der Waals surface area contributed by atoms with Gasteiger partial charge < -0.3 is 5.11 Å². The number of hydrogen-bond acceptors (Lipinski definition) is 3. The lowest BCUT2D eigenvalue weighted by Crippen LogP contribution is -2.23. The molecule has 0 bridgehead atoms. The maximum Gasteiger partial charge on any atom is 0.337 e. The molecule has 3 rings (SSSR count). The summed E-state index contributed by atoms with van der Waals surface area (Å²) < 4.78 is 14.3. The van der Waals surface area contributed by atoms with Crippen molar-refractivity contribution in [3.8, 4) is 16.9 Å². The van der Waals surface area contributed by atoms with Crippen LogP contribution in [0.15, 0.2) is 59.7 Å². The summed E-state index contributed by atoms with van der Waals surface area (Å²) in [6.07, 6.45) is 2.77. The van der Waals surface area contributed by atoms with Gasteiger partial charge in [0.2, 0.25) is 0 Å². The normalized spacial score (nSPS) is 10.6. The molecule has 6 heteroatoms. The average molecular weight is 324 g/mol. The van der Waals surface area contributed by atoms with Gasteiger partial charge in [-0.15, -0.1) is 0 Å². The average Bonchev–Trinajstić information content (AvgIpc) is 2.56. The molecule has 1 aromatic carbocycles. The SMILES string of the molecule is Cc1cccnc1-n1cc(C(=O)O)cc(-c2ccc(F)cc2)c1=O. The zero-order valence-corrected chi connectivity index (χ0v) is 12.7. The quantitative estimate of drug-likeness (QED) is 0.804.